The summed E-state index contributed by atoms with van der Waals surface area (Å²) in [5.41, 5.74) is 1.52. The summed E-state index contributed by atoms with van der Waals surface area (Å²) in [6.45, 7) is 1.75. The average Bonchev–Trinajstić information content (AvgIpc) is 2.49. The highest BCUT2D eigenvalue weighted by Gasteiger charge is 2.12. The highest BCUT2D eigenvalue weighted by atomic mass is 16.6. The van der Waals surface area contributed by atoms with E-state index in [0.717, 1.165) is 5.56 Å². The number of anilines is 2. The van der Waals surface area contributed by atoms with Crippen LogP contribution in [0.5, 0.6) is 5.75 Å². The fourth-order valence-corrected chi connectivity index (χ4v) is 1.88. The SMILES string of the molecule is COc1ccccc1NC(=O)Nc1cc([N+](=O)[O-])ccc1C. The molecule has 0 heterocycles. The summed E-state index contributed by atoms with van der Waals surface area (Å²) in [6.07, 6.45) is 0. The molecule has 2 N–H and O–H groups in total. The Morgan fingerprint density at radius 3 is 2.50 bits per heavy atom. The third-order valence-electron chi connectivity index (χ3n) is 3.04. The van der Waals surface area contributed by atoms with Crippen molar-refractivity contribution in [2.45, 2.75) is 6.92 Å². The van der Waals surface area contributed by atoms with Crippen molar-refractivity contribution in [2.24, 2.45) is 0 Å². The highest BCUT2D eigenvalue weighted by Crippen LogP contribution is 2.25. The van der Waals surface area contributed by atoms with Crippen molar-refractivity contribution in [3.63, 3.8) is 0 Å². The number of rotatable bonds is 4. The predicted molar refractivity (Wildman–Crippen MR) is 83.5 cm³/mol. The van der Waals surface area contributed by atoms with Gasteiger partial charge in [-0.1, -0.05) is 18.2 Å². The molecule has 2 rings (SSSR count). The lowest BCUT2D eigenvalue weighted by Gasteiger charge is -2.12. The van der Waals surface area contributed by atoms with Crippen LogP contribution in [0.1, 0.15) is 5.56 Å². The summed E-state index contributed by atoms with van der Waals surface area (Å²) in [7, 11) is 1.50. The minimum absolute atomic E-state index is 0.0850. The average molecular weight is 301 g/mol. The first kappa shape index (κ1) is 15.3. The number of hydrogen-bond acceptors (Lipinski definition) is 4. The molecule has 2 aromatic carbocycles. The zero-order valence-electron chi connectivity index (χ0n) is 12.1. The number of hydrogen-bond donors (Lipinski definition) is 2. The fourth-order valence-electron chi connectivity index (χ4n) is 1.88. The number of non-ortho nitro benzene ring substituents is 1. The Balaban J connectivity index is 2.15. The number of para-hydroxylation sites is 2. The lowest BCUT2D eigenvalue weighted by Crippen LogP contribution is -2.20. The number of methoxy groups -OCH3 is 1. The minimum atomic E-state index is -0.511. The Kier molecular flexibility index (Phi) is 4.57. The van der Waals surface area contributed by atoms with Gasteiger partial charge in [-0.3, -0.25) is 10.1 Å². The zero-order chi connectivity index (χ0) is 16.1. The Bertz CT molecular complexity index is 716. The van der Waals surface area contributed by atoms with Crippen molar-refractivity contribution in [3.8, 4) is 5.75 Å². The second kappa shape index (κ2) is 6.57. The minimum Gasteiger partial charge on any atom is -0.495 e. The molecule has 22 heavy (non-hydrogen) atoms. The number of nitrogens with zero attached hydrogens (tertiary/aromatic N) is 1. The van der Waals surface area contributed by atoms with Crippen LogP contribution >= 0.6 is 0 Å². The van der Waals surface area contributed by atoms with Crippen LogP contribution in [0.3, 0.4) is 0 Å². The van der Waals surface area contributed by atoms with Crippen molar-refractivity contribution in [2.75, 3.05) is 17.7 Å². The number of urea groups is 1. The van der Waals surface area contributed by atoms with E-state index in [0.29, 0.717) is 17.1 Å². The fraction of sp³-hybridized carbons (Fsp3) is 0.133. The smallest absolute Gasteiger partial charge is 0.323 e. The normalized spacial score (nSPS) is 9.91. The Morgan fingerprint density at radius 2 is 1.82 bits per heavy atom. The topological polar surface area (TPSA) is 93.5 Å². The van der Waals surface area contributed by atoms with Crippen molar-refractivity contribution in [1.82, 2.24) is 0 Å². The van der Waals surface area contributed by atoms with Crippen LogP contribution in [0, 0.1) is 17.0 Å². The Morgan fingerprint density at radius 1 is 1.14 bits per heavy atom. The number of aryl methyl sites for hydroxylation is 1. The van der Waals surface area contributed by atoms with Gasteiger partial charge in [-0.25, -0.2) is 4.79 Å². The number of nitro benzene ring substituents is 1. The third-order valence-corrected chi connectivity index (χ3v) is 3.04. The standard InChI is InChI=1S/C15H15N3O4/c1-10-7-8-11(18(20)21)9-13(10)17-15(19)16-12-5-3-4-6-14(12)22-2/h3-9H,1-2H3,(H2,16,17,19). The van der Waals surface area contributed by atoms with Gasteiger partial charge in [-0.05, 0) is 24.6 Å². The molecule has 2 amide bonds. The molecular formula is C15H15N3O4. The van der Waals surface area contributed by atoms with Gasteiger partial charge in [0.2, 0.25) is 0 Å². The van der Waals surface area contributed by atoms with E-state index in [9.17, 15) is 14.9 Å². The molecule has 0 aromatic heterocycles. The van der Waals surface area contributed by atoms with E-state index in [4.69, 9.17) is 4.74 Å². The van der Waals surface area contributed by atoms with E-state index in [1.807, 2.05) is 0 Å². The molecule has 0 bridgehead atoms. The van der Waals surface area contributed by atoms with Gasteiger partial charge in [0, 0.05) is 12.1 Å². The molecule has 0 saturated heterocycles. The molecule has 0 aliphatic rings. The van der Waals surface area contributed by atoms with Gasteiger partial charge in [0.25, 0.3) is 5.69 Å². The van der Waals surface area contributed by atoms with Crippen LogP contribution in [-0.4, -0.2) is 18.1 Å². The molecule has 114 valence electrons. The molecule has 0 fully saturated rings. The maximum absolute atomic E-state index is 12.0. The Hall–Kier alpha value is -3.09. The summed E-state index contributed by atoms with van der Waals surface area (Å²) >= 11 is 0. The van der Waals surface area contributed by atoms with Gasteiger partial charge >= 0.3 is 6.03 Å². The van der Waals surface area contributed by atoms with Gasteiger partial charge in [-0.2, -0.15) is 0 Å². The predicted octanol–water partition coefficient (Wildman–Crippen LogP) is 3.56. The van der Waals surface area contributed by atoms with E-state index >= 15 is 0 Å². The number of nitro groups is 1. The molecule has 0 aliphatic heterocycles. The first-order valence-corrected chi connectivity index (χ1v) is 6.47. The number of nitrogens with one attached hydrogen (secondary N) is 2. The van der Waals surface area contributed by atoms with Crippen LogP contribution in [0.25, 0.3) is 0 Å². The highest BCUT2D eigenvalue weighted by molar-refractivity contribution is 6.01. The molecule has 0 radical (unpaired) electrons. The third kappa shape index (κ3) is 3.51. The van der Waals surface area contributed by atoms with E-state index in [2.05, 4.69) is 10.6 Å². The van der Waals surface area contributed by atoms with Crippen molar-refractivity contribution < 1.29 is 14.5 Å². The molecule has 0 saturated carbocycles. The number of ether oxygens (including phenoxy) is 1. The van der Waals surface area contributed by atoms with Crippen molar-refractivity contribution in [1.29, 1.82) is 0 Å². The molecular weight excluding hydrogens is 286 g/mol. The lowest BCUT2D eigenvalue weighted by molar-refractivity contribution is -0.384. The first-order chi connectivity index (χ1) is 10.5. The van der Waals surface area contributed by atoms with Crippen molar-refractivity contribution in [3.05, 3.63) is 58.1 Å². The van der Waals surface area contributed by atoms with Gasteiger partial charge < -0.3 is 15.4 Å². The number of benzene rings is 2. The molecule has 0 unspecified atom stereocenters. The lowest BCUT2D eigenvalue weighted by atomic mass is 10.2. The van der Waals surface area contributed by atoms with Gasteiger partial charge in [-0.15, -0.1) is 0 Å². The van der Waals surface area contributed by atoms with Gasteiger partial charge in [0.15, 0.2) is 0 Å². The molecule has 2 aromatic rings. The maximum Gasteiger partial charge on any atom is 0.323 e. The Labute approximate surface area is 127 Å². The van der Waals surface area contributed by atoms with Crippen LogP contribution in [-0.2, 0) is 0 Å². The van der Waals surface area contributed by atoms with Gasteiger partial charge in [0.05, 0.1) is 23.4 Å². The molecule has 7 heteroatoms. The quantitative estimate of drug-likeness (QED) is 0.667. The number of carbonyl (C=O) groups is 1. The van der Waals surface area contributed by atoms with E-state index < -0.39 is 11.0 Å². The van der Waals surface area contributed by atoms with Crippen LogP contribution in [0.2, 0.25) is 0 Å². The van der Waals surface area contributed by atoms with E-state index in [-0.39, 0.29) is 5.69 Å². The monoisotopic (exact) mass is 301 g/mol. The van der Waals surface area contributed by atoms with Gasteiger partial charge in [0.1, 0.15) is 5.75 Å². The number of amides is 2. The van der Waals surface area contributed by atoms with E-state index in [1.54, 1.807) is 37.3 Å². The summed E-state index contributed by atoms with van der Waals surface area (Å²) in [5.74, 6) is 0.522. The second-order valence-electron chi connectivity index (χ2n) is 4.54. The van der Waals surface area contributed by atoms with E-state index in [1.165, 1.54) is 19.2 Å². The molecule has 0 atom stereocenters. The summed E-state index contributed by atoms with van der Waals surface area (Å²) in [4.78, 5) is 22.3. The zero-order valence-corrected chi connectivity index (χ0v) is 12.1. The molecule has 7 nitrogen and oxygen atoms in total. The molecule has 0 spiro atoms. The number of carbonyl (C=O) groups excluding carboxylic acids is 1. The maximum atomic E-state index is 12.0. The first-order valence-electron chi connectivity index (χ1n) is 6.47. The summed E-state index contributed by atoms with van der Waals surface area (Å²) in [6, 6.07) is 10.7. The van der Waals surface area contributed by atoms with Crippen LogP contribution in [0.15, 0.2) is 42.5 Å². The van der Waals surface area contributed by atoms with Crippen molar-refractivity contribution >= 4 is 23.1 Å². The second-order valence-corrected chi connectivity index (χ2v) is 4.54. The van der Waals surface area contributed by atoms with Crippen LogP contribution < -0.4 is 15.4 Å². The van der Waals surface area contributed by atoms with Crippen LogP contribution in [0.4, 0.5) is 21.9 Å². The summed E-state index contributed by atoms with van der Waals surface area (Å²) in [5, 5.41) is 16.0. The molecule has 0 aliphatic carbocycles. The largest absolute Gasteiger partial charge is 0.495 e. The summed E-state index contributed by atoms with van der Waals surface area (Å²) < 4.78 is 5.14.